The Morgan fingerprint density at radius 2 is 2.15 bits per heavy atom. The van der Waals surface area contributed by atoms with Gasteiger partial charge in [0.1, 0.15) is 0 Å². The Hall–Kier alpha value is -2.05. The van der Waals surface area contributed by atoms with Gasteiger partial charge in [-0.15, -0.1) is 0 Å². The first-order chi connectivity index (χ1) is 9.38. The molecule has 0 aliphatic carbocycles. The number of hydrogen-bond acceptors (Lipinski definition) is 4. The average molecular weight is 289 g/mol. The van der Waals surface area contributed by atoms with Crippen molar-refractivity contribution in [2.45, 2.75) is 19.5 Å². The van der Waals surface area contributed by atoms with Crippen LogP contribution in [0.3, 0.4) is 0 Å². The summed E-state index contributed by atoms with van der Waals surface area (Å²) < 4.78 is 47.3. The largest absolute Gasteiger partial charge is 0.481 e. The predicted octanol–water partition coefficient (Wildman–Crippen LogP) is 3.08. The van der Waals surface area contributed by atoms with Gasteiger partial charge in [-0.2, -0.15) is 13.2 Å². The van der Waals surface area contributed by atoms with Gasteiger partial charge in [-0.3, -0.25) is 4.79 Å². The number of carbonyl (C=O) groups is 1. The molecule has 0 amide bonds. The summed E-state index contributed by atoms with van der Waals surface area (Å²) in [5.41, 5.74) is -0.735. The van der Waals surface area contributed by atoms with Crippen LogP contribution < -0.4 is 4.74 Å². The smallest absolute Gasteiger partial charge is 0.417 e. The normalized spacial score (nSPS) is 11.7. The SMILES string of the molecule is CCOC(=O)CC=Cc1cc(C(F)(F)F)cnc1OC. The number of hydrogen-bond donors (Lipinski definition) is 0. The number of methoxy groups -OCH3 is 1. The van der Waals surface area contributed by atoms with Crippen LogP contribution in [-0.4, -0.2) is 24.7 Å². The van der Waals surface area contributed by atoms with Crippen molar-refractivity contribution >= 4 is 12.0 Å². The van der Waals surface area contributed by atoms with E-state index in [1.165, 1.54) is 19.3 Å². The van der Waals surface area contributed by atoms with E-state index >= 15 is 0 Å². The summed E-state index contributed by atoms with van der Waals surface area (Å²) >= 11 is 0. The Morgan fingerprint density at radius 3 is 2.70 bits per heavy atom. The molecule has 0 spiro atoms. The van der Waals surface area contributed by atoms with Crippen LogP contribution in [-0.2, 0) is 15.7 Å². The van der Waals surface area contributed by atoms with Gasteiger partial charge in [0.05, 0.1) is 25.7 Å². The van der Waals surface area contributed by atoms with Crippen LogP contribution in [0.15, 0.2) is 18.3 Å². The molecule has 0 aliphatic rings. The Bertz CT molecular complexity index is 498. The molecule has 0 fully saturated rings. The second-order valence-electron chi connectivity index (χ2n) is 3.73. The summed E-state index contributed by atoms with van der Waals surface area (Å²) in [5.74, 6) is -0.402. The van der Waals surface area contributed by atoms with E-state index in [9.17, 15) is 18.0 Å². The summed E-state index contributed by atoms with van der Waals surface area (Å²) in [6, 6.07) is 0.910. The van der Waals surface area contributed by atoms with Crippen molar-refractivity contribution in [2.75, 3.05) is 13.7 Å². The van der Waals surface area contributed by atoms with Crippen molar-refractivity contribution in [1.29, 1.82) is 0 Å². The molecule has 0 aliphatic heterocycles. The number of nitrogens with zero attached hydrogens (tertiary/aromatic N) is 1. The van der Waals surface area contributed by atoms with Gasteiger partial charge in [0.25, 0.3) is 0 Å². The molecule has 1 aromatic rings. The van der Waals surface area contributed by atoms with E-state index in [1.54, 1.807) is 6.92 Å². The van der Waals surface area contributed by atoms with Crippen molar-refractivity contribution in [2.24, 2.45) is 0 Å². The summed E-state index contributed by atoms with van der Waals surface area (Å²) in [6.07, 6.45) is -1.08. The molecule has 0 saturated heterocycles. The Kier molecular flexibility index (Phi) is 5.54. The number of alkyl halides is 3. The van der Waals surface area contributed by atoms with E-state index in [1.807, 2.05) is 0 Å². The fourth-order valence-electron chi connectivity index (χ4n) is 1.42. The van der Waals surface area contributed by atoms with Crippen LogP contribution in [0.2, 0.25) is 0 Å². The zero-order chi connectivity index (χ0) is 15.2. The van der Waals surface area contributed by atoms with E-state index in [4.69, 9.17) is 9.47 Å². The number of esters is 1. The van der Waals surface area contributed by atoms with Crippen molar-refractivity contribution in [3.8, 4) is 5.88 Å². The van der Waals surface area contributed by atoms with Crippen LogP contribution in [0, 0.1) is 0 Å². The second-order valence-corrected chi connectivity index (χ2v) is 3.73. The fourth-order valence-corrected chi connectivity index (χ4v) is 1.42. The van der Waals surface area contributed by atoms with E-state index in [-0.39, 0.29) is 24.5 Å². The molecular weight excluding hydrogens is 275 g/mol. The van der Waals surface area contributed by atoms with Crippen LogP contribution in [0.4, 0.5) is 13.2 Å². The Labute approximate surface area is 114 Å². The van der Waals surface area contributed by atoms with Gasteiger partial charge in [0, 0.05) is 11.8 Å². The highest BCUT2D eigenvalue weighted by Gasteiger charge is 2.31. The van der Waals surface area contributed by atoms with Gasteiger partial charge < -0.3 is 9.47 Å². The monoisotopic (exact) mass is 289 g/mol. The van der Waals surface area contributed by atoms with Gasteiger partial charge in [0.2, 0.25) is 5.88 Å². The summed E-state index contributed by atoms with van der Waals surface area (Å²) in [4.78, 5) is 14.7. The first-order valence-electron chi connectivity index (χ1n) is 5.81. The minimum absolute atomic E-state index is 0.0345. The third kappa shape index (κ3) is 4.56. The summed E-state index contributed by atoms with van der Waals surface area (Å²) in [6.45, 7) is 1.92. The lowest BCUT2D eigenvalue weighted by molar-refractivity contribution is -0.142. The Balaban J connectivity index is 2.92. The highest BCUT2D eigenvalue weighted by Crippen LogP contribution is 2.31. The topological polar surface area (TPSA) is 48.4 Å². The lowest BCUT2D eigenvalue weighted by Gasteiger charge is -2.09. The summed E-state index contributed by atoms with van der Waals surface area (Å²) in [7, 11) is 1.30. The molecule has 0 atom stereocenters. The predicted molar refractivity (Wildman–Crippen MR) is 66.1 cm³/mol. The first kappa shape index (κ1) is 16.0. The van der Waals surface area contributed by atoms with Crippen LogP contribution >= 0.6 is 0 Å². The quantitative estimate of drug-likeness (QED) is 0.782. The lowest BCUT2D eigenvalue weighted by Crippen LogP contribution is -2.06. The van der Waals surface area contributed by atoms with E-state index in [2.05, 4.69) is 4.98 Å². The highest BCUT2D eigenvalue weighted by atomic mass is 19.4. The Morgan fingerprint density at radius 1 is 1.45 bits per heavy atom. The molecule has 0 unspecified atom stereocenters. The van der Waals surface area contributed by atoms with Gasteiger partial charge in [-0.05, 0) is 13.0 Å². The number of halogens is 3. The standard InChI is InChI=1S/C13H14F3NO3/c1-3-20-11(18)6-4-5-9-7-10(13(14,15)16)8-17-12(9)19-2/h4-5,7-8H,3,6H2,1-2H3. The molecule has 1 rings (SSSR count). The maximum Gasteiger partial charge on any atom is 0.417 e. The lowest BCUT2D eigenvalue weighted by atomic mass is 10.1. The van der Waals surface area contributed by atoms with Crippen molar-refractivity contribution < 1.29 is 27.4 Å². The molecule has 20 heavy (non-hydrogen) atoms. The van der Waals surface area contributed by atoms with Crippen LogP contribution in [0.1, 0.15) is 24.5 Å². The van der Waals surface area contributed by atoms with Crippen LogP contribution in [0.5, 0.6) is 5.88 Å². The zero-order valence-electron chi connectivity index (χ0n) is 11.0. The average Bonchev–Trinajstić information content (AvgIpc) is 2.38. The first-order valence-corrected chi connectivity index (χ1v) is 5.81. The molecule has 110 valence electrons. The minimum Gasteiger partial charge on any atom is -0.481 e. The third-order valence-corrected chi connectivity index (χ3v) is 2.29. The zero-order valence-corrected chi connectivity index (χ0v) is 11.0. The van der Waals surface area contributed by atoms with E-state index < -0.39 is 17.7 Å². The van der Waals surface area contributed by atoms with E-state index in [0.29, 0.717) is 6.20 Å². The van der Waals surface area contributed by atoms with Gasteiger partial charge in [-0.1, -0.05) is 12.2 Å². The molecule has 7 heteroatoms. The number of aromatic nitrogens is 1. The number of pyridine rings is 1. The van der Waals surface area contributed by atoms with Gasteiger partial charge in [0.15, 0.2) is 0 Å². The molecule has 0 N–H and O–H groups in total. The third-order valence-electron chi connectivity index (χ3n) is 2.29. The maximum absolute atomic E-state index is 12.6. The van der Waals surface area contributed by atoms with Gasteiger partial charge in [-0.25, -0.2) is 4.98 Å². The minimum atomic E-state index is -4.48. The fraction of sp³-hybridized carbons (Fsp3) is 0.385. The molecule has 4 nitrogen and oxygen atoms in total. The molecule has 0 aromatic carbocycles. The number of carbonyl (C=O) groups excluding carboxylic acids is 1. The van der Waals surface area contributed by atoms with Gasteiger partial charge >= 0.3 is 12.1 Å². The molecule has 0 saturated carbocycles. The van der Waals surface area contributed by atoms with E-state index in [0.717, 1.165) is 6.07 Å². The second kappa shape index (κ2) is 6.93. The van der Waals surface area contributed by atoms with Crippen molar-refractivity contribution in [3.63, 3.8) is 0 Å². The maximum atomic E-state index is 12.6. The highest BCUT2D eigenvalue weighted by molar-refractivity contribution is 5.73. The molecule has 0 radical (unpaired) electrons. The van der Waals surface area contributed by atoms with Crippen LogP contribution in [0.25, 0.3) is 6.08 Å². The molecular formula is C13H14F3NO3. The molecule has 1 aromatic heterocycles. The molecule has 1 heterocycles. The molecule has 0 bridgehead atoms. The van der Waals surface area contributed by atoms with Crippen molar-refractivity contribution in [1.82, 2.24) is 4.98 Å². The number of rotatable bonds is 5. The number of ether oxygens (including phenoxy) is 2. The van der Waals surface area contributed by atoms with Crippen molar-refractivity contribution in [3.05, 3.63) is 29.5 Å². The summed E-state index contributed by atoms with van der Waals surface area (Å²) in [5, 5.41) is 0.